The summed E-state index contributed by atoms with van der Waals surface area (Å²) in [6, 6.07) is 11.6. The molecule has 0 amide bonds. The lowest BCUT2D eigenvalue weighted by molar-refractivity contribution is 0.101. The fraction of sp³-hybridized carbons (Fsp3) is 0.188. The standard InChI is InChI=1S/C16H18N2O/c1-10-4-5-13(8-11(10)2)18-14-6-7-16(17)15(9-14)12(3)19/h4-9,18H,17H2,1-3H3. The minimum atomic E-state index is -0.0266. The lowest BCUT2D eigenvalue weighted by Gasteiger charge is -2.10. The Bertz CT molecular complexity index is 633. The van der Waals surface area contributed by atoms with Crippen molar-refractivity contribution in [2.45, 2.75) is 20.8 Å². The number of nitrogens with two attached hydrogens (primary N) is 1. The van der Waals surface area contributed by atoms with Gasteiger partial charge in [-0.25, -0.2) is 0 Å². The van der Waals surface area contributed by atoms with Gasteiger partial charge in [-0.3, -0.25) is 4.79 Å². The van der Waals surface area contributed by atoms with Crippen LogP contribution < -0.4 is 11.1 Å². The van der Waals surface area contributed by atoms with Crippen LogP contribution in [-0.2, 0) is 0 Å². The first kappa shape index (κ1) is 13.1. The molecule has 0 heterocycles. The number of hydrogen-bond donors (Lipinski definition) is 2. The van der Waals surface area contributed by atoms with E-state index in [2.05, 4.69) is 31.3 Å². The first-order valence-corrected chi connectivity index (χ1v) is 6.22. The second kappa shape index (κ2) is 5.14. The molecule has 98 valence electrons. The highest BCUT2D eigenvalue weighted by atomic mass is 16.1. The summed E-state index contributed by atoms with van der Waals surface area (Å²) in [4.78, 5) is 11.5. The predicted octanol–water partition coefficient (Wildman–Crippen LogP) is 3.83. The molecule has 0 unspecified atom stereocenters. The third kappa shape index (κ3) is 2.94. The van der Waals surface area contributed by atoms with Gasteiger partial charge >= 0.3 is 0 Å². The van der Waals surface area contributed by atoms with Crippen molar-refractivity contribution in [3.63, 3.8) is 0 Å². The molecular formula is C16H18N2O. The Hall–Kier alpha value is -2.29. The summed E-state index contributed by atoms with van der Waals surface area (Å²) in [5, 5.41) is 3.29. The molecule has 0 atom stereocenters. The van der Waals surface area contributed by atoms with Gasteiger partial charge in [0.2, 0.25) is 0 Å². The summed E-state index contributed by atoms with van der Waals surface area (Å²) in [6.07, 6.45) is 0. The van der Waals surface area contributed by atoms with Crippen LogP contribution in [-0.4, -0.2) is 5.78 Å². The van der Waals surface area contributed by atoms with E-state index >= 15 is 0 Å². The fourth-order valence-corrected chi connectivity index (χ4v) is 1.92. The molecule has 0 saturated heterocycles. The van der Waals surface area contributed by atoms with Gasteiger partial charge in [0.25, 0.3) is 0 Å². The Morgan fingerprint density at radius 1 is 1.00 bits per heavy atom. The van der Waals surface area contributed by atoms with Crippen LogP contribution in [0.25, 0.3) is 0 Å². The molecule has 0 fully saturated rings. The molecular weight excluding hydrogens is 236 g/mol. The number of rotatable bonds is 3. The smallest absolute Gasteiger partial charge is 0.161 e. The summed E-state index contributed by atoms with van der Waals surface area (Å²) < 4.78 is 0. The molecule has 0 aliphatic rings. The Labute approximate surface area is 113 Å². The zero-order valence-electron chi connectivity index (χ0n) is 11.4. The second-order valence-corrected chi connectivity index (χ2v) is 4.78. The van der Waals surface area contributed by atoms with Gasteiger partial charge in [0.15, 0.2) is 5.78 Å². The number of nitrogen functional groups attached to an aromatic ring is 1. The Morgan fingerprint density at radius 3 is 2.26 bits per heavy atom. The molecule has 0 radical (unpaired) electrons. The number of carbonyl (C=O) groups is 1. The van der Waals surface area contributed by atoms with E-state index in [1.54, 1.807) is 12.1 Å². The maximum Gasteiger partial charge on any atom is 0.161 e. The third-order valence-electron chi connectivity index (χ3n) is 3.23. The van der Waals surface area contributed by atoms with E-state index in [9.17, 15) is 4.79 Å². The molecule has 3 heteroatoms. The van der Waals surface area contributed by atoms with Crippen LogP contribution in [0.2, 0.25) is 0 Å². The molecule has 0 aliphatic carbocycles. The van der Waals surface area contributed by atoms with Crippen molar-refractivity contribution < 1.29 is 4.79 Å². The zero-order valence-corrected chi connectivity index (χ0v) is 11.4. The maximum absolute atomic E-state index is 11.5. The summed E-state index contributed by atoms with van der Waals surface area (Å²) in [6.45, 7) is 5.67. The van der Waals surface area contributed by atoms with Crippen LogP contribution in [0.1, 0.15) is 28.4 Å². The maximum atomic E-state index is 11.5. The zero-order chi connectivity index (χ0) is 14.0. The number of benzene rings is 2. The van der Waals surface area contributed by atoms with Crippen molar-refractivity contribution in [2.75, 3.05) is 11.1 Å². The van der Waals surface area contributed by atoms with E-state index in [0.717, 1.165) is 11.4 Å². The normalized spacial score (nSPS) is 10.3. The van der Waals surface area contributed by atoms with Crippen molar-refractivity contribution in [1.82, 2.24) is 0 Å². The molecule has 3 N–H and O–H groups in total. The van der Waals surface area contributed by atoms with Crippen LogP contribution in [0.15, 0.2) is 36.4 Å². The van der Waals surface area contributed by atoms with E-state index in [1.807, 2.05) is 12.1 Å². The minimum absolute atomic E-state index is 0.0266. The Kier molecular flexibility index (Phi) is 3.56. The van der Waals surface area contributed by atoms with Gasteiger partial charge in [0, 0.05) is 22.6 Å². The topological polar surface area (TPSA) is 55.1 Å². The van der Waals surface area contributed by atoms with Crippen LogP contribution in [0.4, 0.5) is 17.1 Å². The first-order chi connectivity index (χ1) is 8.97. The molecule has 19 heavy (non-hydrogen) atoms. The number of aryl methyl sites for hydroxylation is 2. The highest BCUT2D eigenvalue weighted by Crippen LogP contribution is 2.23. The van der Waals surface area contributed by atoms with Gasteiger partial charge in [-0.1, -0.05) is 6.07 Å². The number of ketones is 1. The van der Waals surface area contributed by atoms with Gasteiger partial charge < -0.3 is 11.1 Å². The van der Waals surface area contributed by atoms with E-state index in [1.165, 1.54) is 18.1 Å². The van der Waals surface area contributed by atoms with E-state index in [4.69, 9.17) is 5.73 Å². The molecule has 3 nitrogen and oxygen atoms in total. The third-order valence-corrected chi connectivity index (χ3v) is 3.23. The number of Topliss-reactive ketones (excluding diaryl/α,β-unsaturated/α-hetero) is 1. The van der Waals surface area contributed by atoms with Crippen LogP contribution in [0.3, 0.4) is 0 Å². The molecule has 0 aromatic heterocycles. The number of nitrogens with one attached hydrogen (secondary N) is 1. The van der Waals surface area contributed by atoms with Crippen molar-refractivity contribution in [3.8, 4) is 0 Å². The molecule has 2 aromatic carbocycles. The molecule has 2 rings (SSSR count). The van der Waals surface area contributed by atoms with E-state index < -0.39 is 0 Å². The fourth-order valence-electron chi connectivity index (χ4n) is 1.92. The minimum Gasteiger partial charge on any atom is -0.398 e. The van der Waals surface area contributed by atoms with Crippen molar-refractivity contribution >= 4 is 22.8 Å². The van der Waals surface area contributed by atoms with Crippen LogP contribution in [0.5, 0.6) is 0 Å². The Balaban J connectivity index is 2.30. The van der Waals surface area contributed by atoms with Gasteiger partial charge in [-0.2, -0.15) is 0 Å². The van der Waals surface area contributed by atoms with Crippen molar-refractivity contribution in [2.24, 2.45) is 0 Å². The Morgan fingerprint density at radius 2 is 1.63 bits per heavy atom. The lowest BCUT2D eigenvalue weighted by Crippen LogP contribution is -2.01. The molecule has 0 aliphatic heterocycles. The SMILES string of the molecule is CC(=O)c1cc(Nc2ccc(C)c(C)c2)ccc1N. The van der Waals surface area contributed by atoms with Crippen LogP contribution in [0, 0.1) is 13.8 Å². The second-order valence-electron chi connectivity index (χ2n) is 4.78. The summed E-state index contributed by atoms with van der Waals surface area (Å²) >= 11 is 0. The van der Waals surface area contributed by atoms with E-state index in [-0.39, 0.29) is 5.78 Å². The molecule has 0 saturated carbocycles. The van der Waals surface area contributed by atoms with E-state index in [0.29, 0.717) is 11.3 Å². The largest absolute Gasteiger partial charge is 0.398 e. The number of carbonyl (C=O) groups excluding carboxylic acids is 1. The molecule has 0 spiro atoms. The van der Waals surface area contributed by atoms with Gasteiger partial charge in [-0.15, -0.1) is 0 Å². The highest BCUT2D eigenvalue weighted by Gasteiger charge is 2.06. The molecule has 2 aromatic rings. The van der Waals surface area contributed by atoms with Gasteiger partial charge in [0.1, 0.15) is 0 Å². The average Bonchev–Trinajstić information content (AvgIpc) is 2.36. The summed E-state index contributed by atoms with van der Waals surface area (Å²) in [7, 11) is 0. The highest BCUT2D eigenvalue weighted by molar-refractivity contribution is 6.00. The average molecular weight is 254 g/mol. The monoisotopic (exact) mass is 254 g/mol. The first-order valence-electron chi connectivity index (χ1n) is 6.22. The van der Waals surface area contributed by atoms with Crippen LogP contribution >= 0.6 is 0 Å². The summed E-state index contributed by atoms with van der Waals surface area (Å²) in [5.41, 5.74) is 11.2. The predicted molar refractivity (Wildman–Crippen MR) is 80.1 cm³/mol. The number of anilines is 3. The quantitative estimate of drug-likeness (QED) is 0.646. The van der Waals surface area contributed by atoms with Gasteiger partial charge in [-0.05, 0) is 62.2 Å². The molecule has 0 bridgehead atoms. The lowest BCUT2D eigenvalue weighted by atomic mass is 10.1. The van der Waals surface area contributed by atoms with Crippen molar-refractivity contribution in [1.29, 1.82) is 0 Å². The van der Waals surface area contributed by atoms with Gasteiger partial charge in [0.05, 0.1) is 0 Å². The van der Waals surface area contributed by atoms with Crippen molar-refractivity contribution in [3.05, 3.63) is 53.1 Å². The number of hydrogen-bond acceptors (Lipinski definition) is 3. The summed E-state index contributed by atoms with van der Waals surface area (Å²) in [5.74, 6) is -0.0266.